The number of nitrogens with zero attached hydrogens (tertiary/aromatic N) is 1. The lowest BCUT2D eigenvalue weighted by Crippen LogP contribution is -3.14. The molecule has 0 spiro atoms. The quantitative estimate of drug-likeness (QED) is 0.552. The number of carbonyl (C=O) groups excluding carboxylic acids is 2. The highest BCUT2D eigenvalue weighted by Crippen LogP contribution is 1.93. The van der Waals surface area contributed by atoms with E-state index >= 15 is 0 Å². The number of amides is 2. The molecule has 1 aliphatic rings. The van der Waals surface area contributed by atoms with Gasteiger partial charge in [0.05, 0.1) is 19.4 Å². The third-order valence-electron chi connectivity index (χ3n) is 2.28. The van der Waals surface area contributed by atoms with Gasteiger partial charge in [0.2, 0.25) is 0 Å². The average molecular weight is 185 g/mol. The molecule has 0 aromatic carbocycles. The zero-order chi connectivity index (χ0) is 9.84. The van der Waals surface area contributed by atoms with Gasteiger partial charge >= 0.3 is 11.8 Å². The molecule has 13 heavy (non-hydrogen) atoms. The third kappa shape index (κ3) is 2.90. The Morgan fingerprint density at radius 1 is 1.23 bits per heavy atom. The summed E-state index contributed by atoms with van der Waals surface area (Å²) in [5.41, 5.74) is 0. The van der Waals surface area contributed by atoms with Crippen LogP contribution in [0.15, 0.2) is 0 Å². The minimum atomic E-state index is 0.0729. The summed E-state index contributed by atoms with van der Waals surface area (Å²) in [6.07, 6.45) is 1.78. The molecule has 4 heteroatoms. The zero-order valence-electron chi connectivity index (χ0n) is 8.30. The largest absolute Gasteiger partial charge is 0.320 e. The van der Waals surface area contributed by atoms with Gasteiger partial charge in [-0.05, 0) is 14.1 Å². The first-order valence-corrected chi connectivity index (χ1v) is 4.68. The lowest BCUT2D eigenvalue weighted by Gasteiger charge is -2.11. The molecule has 0 unspecified atom stereocenters. The first-order chi connectivity index (χ1) is 6.11. The van der Waals surface area contributed by atoms with Crippen LogP contribution in [0.3, 0.4) is 0 Å². The van der Waals surface area contributed by atoms with Gasteiger partial charge in [-0.25, -0.2) is 14.5 Å². The van der Waals surface area contributed by atoms with Crippen LogP contribution in [0.1, 0.15) is 19.3 Å². The van der Waals surface area contributed by atoms with Gasteiger partial charge in [0, 0.05) is 13.0 Å². The number of carbonyl (C=O) groups is 2. The Labute approximate surface area is 78.5 Å². The average Bonchev–Trinajstić information content (AvgIpc) is 2.34. The van der Waals surface area contributed by atoms with Crippen molar-refractivity contribution in [3.63, 3.8) is 0 Å². The molecule has 0 aromatic heterocycles. The van der Waals surface area contributed by atoms with Gasteiger partial charge in [-0.2, -0.15) is 0 Å². The lowest BCUT2D eigenvalue weighted by molar-refractivity contribution is -0.732. The molecule has 2 amide bonds. The van der Waals surface area contributed by atoms with Crippen molar-refractivity contribution in [2.75, 3.05) is 27.2 Å². The predicted octanol–water partition coefficient (Wildman–Crippen LogP) is -1.33. The summed E-state index contributed by atoms with van der Waals surface area (Å²) in [7, 11) is 3.98. The molecule has 0 radical (unpaired) electrons. The van der Waals surface area contributed by atoms with Gasteiger partial charge in [0.25, 0.3) is 0 Å². The first-order valence-electron chi connectivity index (χ1n) is 4.68. The van der Waals surface area contributed by atoms with Crippen LogP contribution in [-0.4, -0.2) is 43.9 Å². The van der Waals surface area contributed by atoms with Gasteiger partial charge in [-0.15, -0.1) is 0 Å². The minimum absolute atomic E-state index is 0.0729. The highest BCUT2D eigenvalue weighted by atomic mass is 16.2. The summed E-state index contributed by atoms with van der Waals surface area (Å²) in [5.74, 6) is 0.146. The van der Waals surface area contributed by atoms with Crippen molar-refractivity contribution in [2.45, 2.75) is 19.3 Å². The second kappa shape index (κ2) is 4.48. The number of quaternary nitrogens is 1. The summed E-state index contributed by atoms with van der Waals surface area (Å²) in [6.45, 7) is 1.60. The number of hydrogen-bond donors (Lipinski definition) is 1. The molecule has 0 saturated carbocycles. The molecule has 4 nitrogen and oxygen atoms in total. The SMILES string of the molecule is CN(C)CCC[NH+]1C(=O)CCC1=O. The maximum atomic E-state index is 11.2. The van der Waals surface area contributed by atoms with E-state index in [1.807, 2.05) is 14.1 Å². The summed E-state index contributed by atoms with van der Waals surface area (Å²) in [5, 5.41) is 0. The highest BCUT2D eigenvalue weighted by molar-refractivity contribution is 5.88. The van der Waals surface area contributed by atoms with Crippen LogP contribution < -0.4 is 4.90 Å². The van der Waals surface area contributed by atoms with Crippen molar-refractivity contribution in [2.24, 2.45) is 0 Å². The van der Waals surface area contributed by atoms with E-state index in [4.69, 9.17) is 0 Å². The second-order valence-electron chi connectivity index (χ2n) is 3.73. The fourth-order valence-electron chi connectivity index (χ4n) is 1.54. The fraction of sp³-hybridized carbons (Fsp3) is 0.778. The molecule has 74 valence electrons. The fourth-order valence-corrected chi connectivity index (χ4v) is 1.54. The van der Waals surface area contributed by atoms with Crippen molar-refractivity contribution >= 4 is 11.8 Å². The Hall–Kier alpha value is -0.740. The molecule has 0 aromatic rings. The van der Waals surface area contributed by atoms with Crippen LogP contribution in [0, 0.1) is 0 Å². The Morgan fingerprint density at radius 2 is 1.77 bits per heavy atom. The topological polar surface area (TPSA) is 41.8 Å². The van der Waals surface area contributed by atoms with Gasteiger partial charge in [-0.3, -0.25) is 0 Å². The van der Waals surface area contributed by atoms with Crippen molar-refractivity contribution in [3.8, 4) is 0 Å². The molecule has 0 atom stereocenters. The van der Waals surface area contributed by atoms with Gasteiger partial charge in [0.15, 0.2) is 0 Å². The maximum Gasteiger partial charge on any atom is 0.320 e. The van der Waals surface area contributed by atoms with E-state index in [1.54, 1.807) is 0 Å². The Bertz CT molecular complexity index is 198. The van der Waals surface area contributed by atoms with E-state index in [2.05, 4.69) is 4.90 Å². The number of likely N-dealkylation sites (tertiary alicyclic amines) is 1. The Morgan fingerprint density at radius 3 is 2.23 bits per heavy atom. The monoisotopic (exact) mass is 185 g/mol. The minimum Gasteiger partial charge on any atom is -0.309 e. The van der Waals surface area contributed by atoms with Crippen LogP contribution in [0.2, 0.25) is 0 Å². The first kappa shape index (κ1) is 10.3. The Balaban J connectivity index is 2.27. The highest BCUT2D eigenvalue weighted by Gasteiger charge is 2.34. The normalized spacial score (nSPS) is 19.0. The van der Waals surface area contributed by atoms with Gasteiger partial charge in [-0.1, -0.05) is 0 Å². The molecule has 1 aliphatic heterocycles. The van der Waals surface area contributed by atoms with E-state index in [9.17, 15) is 9.59 Å². The van der Waals surface area contributed by atoms with Crippen LogP contribution in [0.5, 0.6) is 0 Å². The molecule has 0 bridgehead atoms. The van der Waals surface area contributed by atoms with Crippen molar-refractivity contribution in [3.05, 3.63) is 0 Å². The molecule has 1 heterocycles. The van der Waals surface area contributed by atoms with Crippen molar-refractivity contribution < 1.29 is 14.5 Å². The van der Waals surface area contributed by atoms with E-state index in [0.717, 1.165) is 13.0 Å². The summed E-state index contributed by atoms with van der Waals surface area (Å²) < 4.78 is 0. The van der Waals surface area contributed by atoms with Crippen molar-refractivity contribution in [1.82, 2.24) is 4.90 Å². The standard InChI is InChI=1S/C9H16N2O2/c1-10(2)6-3-7-11-8(12)4-5-9(11)13/h3-7H2,1-2H3/p+1. The number of imide groups is 1. The smallest absolute Gasteiger partial charge is 0.309 e. The van der Waals surface area contributed by atoms with E-state index in [0.29, 0.717) is 24.3 Å². The van der Waals surface area contributed by atoms with Crippen LogP contribution in [0.25, 0.3) is 0 Å². The van der Waals surface area contributed by atoms with Crippen molar-refractivity contribution in [1.29, 1.82) is 0 Å². The number of hydrogen-bond acceptors (Lipinski definition) is 3. The molecular formula is C9H17N2O2+. The van der Waals surface area contributed by atoms with Crippen LogP contribution in [-0.2, 0) is 9.59 Å². The summed E-state index contributed by atoms with van der Waals surface area (Å²) in [6, 6.07) is 0. The summed E-state index contributed by atoms with van der Waals surface area (Å²) >= 11 is 0. The van der Waals surface area contributed by atoms with E-state index in [-0.39, 0.29) is 11.8 Å². The number of nitrogens with one attached hydrogen (secondary N) is 1. The molecule has 0 aliphatic carbocycles. The third-order valence-corrected chi connectivity index (χ3v) is 2.28. The zero-order valence-corrected chi connectivity index (χ0v) is 8.30. The number of rotatable bonds is 4. The lowest BCUT2D eigenvalue weighted by atomic mass is 10.4. The second-order valence-corrected chi connectivity index (χ2v) is 3.73. The van der Waals surface area contributed by atoms with Gasteiger partial charge in [0.1, 0.15) is 0 Å². The molecular weight excluding hydrogens is 168 g/mol. The summed E-state index contributed by atoms with van der Waals surface area (Å²) in [4.78, 5) is 25.0. The molecule has 1 N–H and O–H groups in total. The van der Waals surface area contributed by atoms with E-state index < -0.39 is 0 Å². The maximum absolute atomic E-state index is 11.2. The van der Waals surface area contributed by atoms with E-state index in [1.165, 1.54) is 0 Å². The Kier molecular flexibility index (Phi) is 3.57. The van der Waals surface area contributed by atoms with Crippen LogP contribution in [0.4, 0.5) is 0 Å². The predicted molar refractivity (Wildman–Crippen MR) is 48.2 cm³/mol. The molecule has 1 saturated heterocycles. The van der Waals surface area contributed by atoms with Crippen LogP contribution >= 0.6 is 0 Å². The molecule has 1 rings (SSSR count). The van der Waals surface area contributed by atoms with Gasteiger partial charge < -0.3 is 4.90 Å². The molecule has 1 fully saturated rings.